The Hall–Kier alpha value is -1.31. The average Bonchev–Trinajstić information content (AvgIpc) is 2.69. The first-order valence-corrected chi connectivity index (χ1v) is 9.42. The molecule has 1 saturated heterocycles. The fourth-order valence-electron chi connectivity index (χ4n) is 3.43. The molecule has 0 saturated carbocycles. The first-order chi connectivity index (χ1) is 12.7. The van der Waals surface area contributed by atoms with Crippen LogP contribution in [0.4, 0.5) is 0 Å². The summed E-state index contributed by atoms with van der Waals surface area (Å²) in [6.07, 6.45) is 2.02. The van der Waals surface area contributed by atoms with E-state index in [4.69, 9.17) is 16.3 Å². The van der Waals surface area contributed by atoms with Crippen molar-refractivity contribution in [2.24, 2.45) is 4.99 Å². The molecule has 1 heterocycles. The Bertz CT molecular complexity index is 733. The number of nitrogens with zero attached hydrogens (tertiary/aromatic N) is 1. The molecule has 0 spiro atoms. The van der Waals surface area contributed by atoms with Crippen molar-refractivity contribution in [1.82, 2.24) is 10.6 Å². The fourth-order valence-corrected chi connectivity index (χ4v) is 3.64. The summed E-state index contributed by atoms with van der Waals surface area (Å²) in [5.41, 5.74) is 2.57. The third-order valence-electron chi connectivity index (χ3n) is 5.00. The van der Waals surface area contributed by atoms with Crippen LogP contribution in [0.25, 0.3) is 0 Å². The van der Waals surface area contributed by atoms with Gasteiger partial charge in [0.2, 0.25) is 0 Å². The molecule has 0 bridgehead atoms. The van der Waals surface area contributed by atoms with E-state index in [0.29, 0.717) is 6.54 Å². The van der Waals surface area contributed by atoms with Gasteiger partial charge >= 0.3 is 0 Å². The van der Waals surface area contributed by atoms with Gasteiger partial charge in [-0.2, -0.15) is 0 Å². The van der Waals surface area contributed by atoms with Gasteiger partial charge < -0.3 is 15.4 Å². The molecule has 0 aliphatic carbocycles. The smallest absolute Gasteiger partial charge is 0.191 e. The maximum atomic E-state index is 6.06. The average molecular weight is 500 g/mol. The molecule has 2 aromatic rings. The predicted molar refractivity (Wildman–Crippen MR) is 123 cm³/mol. The number of rotatable bonds is 5. The summed E-state index contributed by atoms with van der Waals surface area (Å²) in [5, 5.41) is 7.63. The minimum Gasteiger partial charge on any atom is -0.381 e. The maximum Gasteiger partial charge on any atom is 0.191 e. The highest BCUT2D eigenvalue weighted by Crippen LogP contribution is 2.34. The summed E-state index contributed by atoms with van der Waals surface area (Å²) in [6.45, 7) is 3.10. The minimum atomic E-state index is 0. The maximum absolute atomic E-state index is 6.06. The summed E-state index contributed by atoms with van der Waals surface area (Å²) >= 11 is 6.06. The first kappa shape index (κ1) is 22.0. The number of aliphatic imine (C=N–C) groups is 1. The van der Waals surface area contributed by atoms with E-state index in [1.165, 1.54) is 5.56 Å². The normalized spacial score (nSPS) is 16.3. The molecule has 4 nitrogen and oxygen atoms in total. The van der Waals surface area contributed by atoms with Gasteiger partial charge in [-0.15, -0.1) is 24.0 Å². The van der Waals surface area contributed by atoms with Gasteiger partial charge in [0, 0.05) is 43.8 Å². The molecule has 1 aliphatic rings. The Kier molecular flexibility index (Phi) is 8.86. The minimum absolute atomic E-state index is 0. The summed E-state index contributed by atoms with van der Waals surface area (Å²) < 4.78 is 5.61. The highest BCUT2D eigenvalue weighted by atomic mass is 127. The molecule has 0 unspecified atom stereocenters. The largest absolute Gasteiger partial charge is 0.381 e. The van der Waals surface area contributed by atoms with Crippen LogP contribution in [0.2, 0.25) is 5.02 Å². The van der Waals surface area contributed by atoms with Crippen LogP contribution in [0.5, 0.6) is 0 Å². The molecule has 0 amide bonds. The van der Waals surface area contributed by atoms with E-state index in [0.717, 1.165) is 49.1 Å². The second-order valence-corrected chi connectivity index (χ2v) is 7.10. The Labute approximate surface area is 183 Å². The van der Waals surface area contributed by atoms with Gasteiger partial charge in [0.15, 0.2) is 5.96 Å². The summed E-state index contributed by atoms with van der Waals surface area (Å²) in [4.78, 5) is 4.36. The lowest BCUT2D eigenvalue weighted by molar-refractivity contribution is 0.0514. The number of guanidine groups is 1. The molecular weight excluding hydrogens is 473 g/mol. The van der Waals surface area contributed by atoms with E-state index in [9.17, 15) is 0 Å². The molecule has 3 rings (SSSR count). The van der Waals surface area contributed by atoms with Gasteiger partial charge in [-0.3, -0.25) is 4.99 Å². The second kappa shape index (κ2) is 10.9. The van der Waals surface area contributed by atoms with E-state index < -0.39 is 0 Å². The lowest BCUT2D eigenvalue weighted by Gasteiger charge is -2.38. The number of hydrogen-bond acceptors (Lipinski definition) is 2. The molecule has 0 atom stereocenters. The van der Waals surface area contributed by atoms with Crippen molar-refractivity contribution < 1.29 is 4.74 Å². The van der Waals surface area contributed by atoms with E-state index in [1.807, 2.05) is 18.2 Å². The van der Waals surface area contributed by atoms with Gasteiger partial charge in [-0.25, -0.2) is 0 Å². The van der Waals surface area contributed by atoms with Crippen molar-refractivity contribution in [3.63, 3.8) is 0 Å². The monoisotopic (exact) mass is 499 g/mol. The highest BCUT2D eigenvalue weighted by Gasteiger charge is 2.34. The van der Waals surface area contributed by atoms with E-state index in [-0.39, 0.29) is 29.4 Å². The summed E-state index contributed by atoms with van der Waals surface area (Å²) in [6, 6.07) is 18.6. The van der Waals surface area contributed by atoms with Crippen LogP contribution >= 0.6 is 35.6 Å². The Morgan fingerprint density at radius 1 is 1.07 bits per heavy atom. The van der Waals surface area contributed by atoms with Crippen LogP contribution in [-0.4, -0.2) is 32.8 Å². The first-order valence-electron chi connectivity index (χ1n) is 9.04. The molecule has 0 aromatic heterocycles. The quantitative estimate of drug-likeness (QED) is 0.365. The van der Waals surface area contributed by atoms with Crippen molar-refractivity contribution in [1.29, 1.82) is 0 Å². The molecular formula is C21H27ClIN3O. The van der Waals surface area contributed by atoms with Crippen molar-refractivity contribution in [3.05, 3.63) is 70.7 Å². The Morgan fingerprint density at radius 3 is 2.48 bits per heavy atom. The number of nitrogens with one attached hydrogen (secondary N) is 2. The predicted octanol–water partition coefficient (Wildman–Crippen LogP) is 4.37. The van der Waals surface area contributed by atoms with Crippen LogP contribution in [0.1, 0.15) is 24.0 Å². The van der Waals surface area contributed by atoms with Gasteiger partial charge in [0.05, 0.1) is 0 Å². The van der Waals surface area contributed by atoms with Gasteiger partial charge in [-0.05, 0) is 36.1 Å². The van der Waals surface area contributed by atoms with Crippen molar-refractivity contribution in [2.45, 2.75) is 24.8 Å². The van der Waals surface area contributed by atoms with E-state index >= 15 is 0 Å². The molecule has 0 radical (unpaired) electrons. The SMILES string of the molecule is CN=C(NCc1cccc(Cl)c1)NCC1(c2ccccc2)CCOCC1.I. The zero-order valence-electron chi connectivity index (χ0n) is 15.6. The third-order valence-corrected chi connectivity index (χ3v) is 5.24. The highest BCUT2D eigenvalue weighted by molar-refractivity contribution is 14.0. The molecule has 146 valence electrons. The zero-order chi connectivity index (χ0) is 18.2. The lowest BCUT2D eigenvalue weighted by atomic mass is 9.74. The van der Waals surface area contributed by atoms with Gasteiger partial charge in [-0.1, -0.05) is 54.1 Å². The Morgan fingerprint density at radius 2 is 1.81 bits per heavy atom. The number of benzene rings is 2. The van der Waals surface area contributed by atoms with Gasteiger partial charge in [0.25, 0.3) is 0 Å². The fraction of sp³-hybridized carbons (Fsp3) is 0.381. The number of halogens is 2. The Balaban J connectivity index is 0.00000261. The van der Waals surface area contributed by atoms with Crippen LogP contribution in [0.15, 0.2) is 59.6 Å². The lowest BCUT2D eigenvalue weighted by Crippen LogP contribution is -2.47. The zero-order valence-corrected chi connectivity index (χ0v) is 18.7. The number of ether oxygens (including phenoxy) is 1. The number of hydrogen-bond donors (Lipinski definition) is 2. The van der Waals surface area contributed by atoms with E-state index in [2.05, 4.69) is 52.0 Å². The van der Waals surface area contributed by atoms with Crippen LogP contribution in [0, 0.1) is 0 Å². The molecule has 27 heavy (non-hydrogen) atoms. The third kappa shape index (κ3) is 6.09. The molecule has 2 N–H and O–H groups in total. The van der Waals surface area contributed by atoms with Crippen LogP contribution < -0.4 is 10.6 Å². The van der Waals surface area contributed by atoms with Crippen LogP contribution in [-0.2, 0) is 16.7 Å². The standard InChI is InChI=1S/C21H26ClN3O.HI/c1-23-20(24-15-17-6-5-9-19(22)14-17)25-16-21(10-12-26-13-11-21)18-7-3-2-4-8-18;/h2-9,14H,10-13,15-16H2,1H3,(H2,23,24,25);1H. The molecule has 1 fully saturated rings. The van der Waals surface area contributed by atoms with Crippen molar-refractivity contribution >= 4 is 41.5 Å². The topological polar surface area (TPSA) is 45.7 Å². The van der Waals surface area contributed by atoms with Gasteiger partial charge in [0.1, 0.15) is 0 Å². The molecule has 1 aliphatic heterocycles. The second-order valence-electron chi connectivity index (χ2n) is 6.67. The molecule has 2 aromatic carbocycles. The van der Waals surface area contributed by atoms with Crippen LogP contribution in [0.3, 0.4) is 0 Å². The molecule has 6 heteroatoms. The van der Waals surface area contributed by atoms with E-state index in [1.54, 1.807) is 7.05 Å². The summed E-state index contributed by atoms with van der Waals surface area (Å²) in [7, 11) is 1.80. The van der Waals surface area contributed by atoms with Crippen molar-refractivity contribution in [2.75, 3.05) is 26.8 Å². The van der Waals surface area contributed by atoms with Crippen molar-refractivity contribution in [3.8, 4) is 0 Å². The summed E-state index contributed by atoms with van der Waals surface area (Å²) in [5.74, 6) is 0.798.